The topological polar surface area (TPSA) is 106 Å². The van der Waals surface area contributed by atoms with Crippen molar-refractivity contribution in [1.29, 1.82) is 0 Å². The first-order chi connectivity index (χ1) is 16.0. The number of phenols is 1. The summed E-state index contributed by atoms with van der Waals surface area (Å²) in [6.45, 7) is 2.00. The number of phenolic OH excluding ortho intramolecular Hbond substituents is 1. The van der Waals surface area contributed by atoms with Crippen molar-refractivity contribution in [3.8, 4) is 17.2 Å². The summed E-state index contributed by atoms with van der Waals surface area (Å²) in [4.78, 5) is 15.6. The summed E-state index contributed by atoms with van der Waals surface area (Å²) in [6.07, 6.45) is 1.57. The van der Waals surface area contributed by atoms with Gasteiger partial charge in [0, 0.05) is 17.2 Å². The summed E-state index contributed by atoms with van der Waals surface area (Å²) in [5.41, 5.74) is 3.50. The Kier molecular flexibility index (Phi) is 6.26. The molecule has 0 saturated heterocycles. The minimum Gasteiger partial charge on any atom is -0.500 e. The molecule has 3 aromatic carbocycles. The standard InChI is InChI=1S/C25H23N3O5/c1-3-33-21-14-18(13-20(25(21)29)28(30)31)24-22(16-8-5-4-6-9-16)23(26-15-27-24)17-10-7-11-19(12-17)32-2/h4-15,24,29H,3H2,1-2H3,(H,26,27). The van der Waals surface area contributed by atoms with Crippen LogP contribution < -0.4 is 14.8 Å². The molecule has 33 heavy (non-hydrogen) atoms. The maximum Gasteiger partial charge on any atom is 0.315 e. The number of benzene rings is 3. The summed E-state index contributed by atoms with van der Waals surface area (Å²) in [5, 5.41) is 25.2. The van der Waals surface area contributed by atoms with E-state index in [-0.39, 0.29) is 12.4 Å². The van der Waals surface area contributed by atoms with Crippen molar-refractivity contribution in [1.82, 2.24) is 5.32 Å². The van der Waals surface area contributed by atoms with Gasteiger partial charge in [-0.15, -0.1) is 0 Å². The average Bonchev–Trinajstić information content (AvgIpc) is 2.85. The van der Waals surface area contributed by atoms with Crippen LogP contribution in [0.25, 0.3) is 11.3 Å². The predicted molar refractivity (Wildman–Crippen MR) is 127 cm³/mol. The lowest BCUT2D eigenvalue weighted by Crippen LogP contribution is -2.20. The Bertz CT molecular complexity index is 1240. The van der Waals surface area contributed by atoms with Gasteiger partial charge < -0.3 is 19.9 Å². The molecule has 8 heteroatoms. The second kappa shape index (κ2) is 9.44. The molecule has 0 bridgehead atoms. The Hall–Kier alpha value is -4.33. The van der Waals surface area contributed by atoms with Crippen LogP contribution >= 0.6 is 0 Å². The molecule has 0 spiro atoms. The first-order valence-electron chi connectivity index (χ1n) is 10.4. The number of aromatic hydroxyl groups is 1. The van der Waals surface area contributed by atoms with Crippen LogP contribution in [0.1, 0.15) is 29.7 Å². The van der Waals surface area contributed by atoms with E-state index in [0.717, 1.165) is 22.4 Å². The van der Waals surface area contributed by atoms with Crippen molar-refractivity contribution in [2.24, 2.45) is 4.99 Å². The highest BCUT2D eigenvalue weighted by Crippen LogP contribution is 2.45. The Morgan fingerprint density at radius 3 is 2.55 bits per heavy atom. The molecule has 0 radical (unpaired) electrons. The quantitative estimate of drug-likeness (QED) is 0.394. The summed E-state index contributed by atoms with van der Waals surface area (Å²) in [7, 11) is 1.61. The number of ether oxygens (including phenoxy) is 2. The van der Waals surface area contributed by atoms with Gasteiger partial charge >= 0.3 is 5.69 Å². The molecule has 1 atom stereocenters. The van der Waals surface area contributed by atoms with E-state index in [0.29, 0.717) is 11.3 Å². The molecule has 3 aromatic rings. The van der Waals surface area contributed by atoms with E-state index in [4.69, 9.17) is 9.47 Å². The predicted octanol–water partition coefficient (Wildman–Crippen LogP) is 4.95. The van der Waals surface area contributed by atoms with Crippen LogP contribution in [0.15, 0.2) is 71.7 Å². The molecule has 0 aliphatic carbocycles. The van der Waals surface area contributed by atoms with Crippen LogP contribution in [0, 0.1) is 10.1 Å². The van der Waals surface area contributed by atoms with Crippen molar-refractivity contribution in [3.05, 3.63) is 93.5 Å². The highest BCUT2D eigenvalue weighted by molar-refractivity contribution is 5.99. The lowest BCUT2D eigenvalue weighted by Gasteiger charge is -2.26. The number of aliphatic imine (C=N–C) groups is 1. The lowest BCUT2D eigenvalue weighted by molar-refractivity contribution is -0.386. The second-order valence-corrected chi connectivity index (χ2v) is 7.29. The van der Waals surface area contributed by atoms with Gasteiger partial charge in [-0.05, 0) is 36.2 Å². The third-order valence-electron chi connectivity index (χ3n) is 5.31. The number of nitrogens with one attached hydrogen (secondary N) is 1. The van der Waals surface area contributed by atoms with Gasteiger partial charge in [-0.1, -0.05) is 42.5 Å². The smallest absolute Gasteiger partial charge is 0.315 e. The van der Waals surface area contributed by atoms with Crippen LogP contribution in [0.3, 0.4) is 0 Å². The molecule has 168 valence electrons. The molecule has 8 nitrogen and oxygen atoms in total. The van der Waals surface area contributed by atoms with Crippen LogP contribution in [0.5, 0.6) is 17.2 Å². The first kappa shape index (κ1) is 21.9. The van der Waals surface area contributed by atoms with Gasteiger partial charge in [0.25, 0.3) is 0 Å². The number of nitro benzene ring substituents is 1. The first-order valence-corrected chi connectivity index (χ1v) is 10.4. The number of hydrogen-bond acceptors (Lipinski definition) is 7. The molecule has 1 aliphatic heterocycles. The van der Waals surface area contributed by atoms with Crippen molar-refractivity contribution in [2.45, 2.75) is 13.0 Å². The summed E-state index contributed by atoms with van der Waals surface area (Å²) >= 11 is 0. The third-order valence-corrected chi connectivity index (χ3v) is 5.31. The molecule has 4 rings (SSSR count). The van der Waals surface area contributed by atoms with Crippen molar-refractivity contribution >= 4 is 23.3 Å². The molecule has 0 saturated carbocycles. The Morgan fingerprint density at radius 2 is 1.85 bits per heavy atom. The molecular formula is C25H23N3O5. The zero-order valence-electron chi connectivity index (χ0n) is 18.2. The maximum absolute atomic E-state index is 11.6. The molecule has 1 heterocycles. The number of hydrogen-bond donors (Lipinski definition) is 2. The van der Waals surface area contributed by atoms with Gasteiger partial charge in [-0.3, -0.25) is 15.1 Å². The van der Waals surface area contributed by atoms with Gasteiger partial charge in [-0.25, -0.2) is 0 Å². The van der Waals surface area contributed by atoms with E-state index in [1.54, 1.807) is 26.4 Å². The van der Waals surface area contributed by atoms with Crippen LogP contribution in [0.4, 0.5) is 5.69 Å². The van der Waals surface area contributed by atoms with Gasteiger partial charge in [0.2, 0.25) is 5.75 Å². The fourth-order valence-electron chi connectivity index (χ4n) is 3.83. The highest BCUT2D eigenvalue weighted by atomic mass is 16.6. The van der Waals surface area contributed by atoms with Gasteiger partial charge in [0.05, 0.1) is 30.7 Å². The molecule has 1 unspecified atom stereocenters. The minimum absolute atomic E-state index is 0.0470. The van der Waals surface area contributed by atoms with Crippen LogP contribution in [-0.2, 0) is 0 Å². The minimum atomic E-state index is -0.624. The molecular weight excluding hydrogens is 422 g/mol. The molecule has 0 fully saturated rings. The number of rotatable bonds is 7. The third kappa shape index (κ3) is 4.36. The Morgan fingerprint density at radius 1 is 1.09 bits per heavy atom. The second-order valence-electron chi connectivity index (χ2n) is 7.29. The maximum atomic E-state index is 11.6. The molecule has 0 amide bonds. The largest absolute Gasteiger partial charge is 0.500 e. The normalized spacial score (nSPS) is 15.2. The van der Waals surface area contributed by atoms with Crippen LogP contribution in [-0.4, -0.2) is 30.1 Å². The summed E-state index contributed by atoms with van der Waals surface area (Å²) in [6, 6.07) is 19.7. The highest BCUT2D eigenvalue weighted by Gasteiger charge is 2.29. The SMILES string of the molecule is CCOc1cc(C2N=CNC(c3cccc(OC)c3)=C2c2ccccc2)cc([N+](=O)[O-])c1O. The van der Waals surface area contributed by atoms with E-state index in [1.807, 2.05) is 54.6 Å². The average molecular weight is 445 g/mol. The summed E-state index contributed by atoms with van der Waals surface area (Å²) in [5.74, 6) is 0.250. The fraction of sp³-hybridized carbons (Fsp3) is 0.160. The zero-order chi connectivity index (χ0) is 23.4. The Balaban J connectivity index is 1.95. The van der Waals surface area contributed by atoms with E-state index >= 15 is 0 Å². The van der Waals surface area contributed by atoms with E-state index in [9.17, 15) is 15.2 Å². The van der Waals surface area contributed by atoms with E-state index in [1.165, 1.54) is 6.07 Å². The number of nitro groups is 1. The van der Waals surface area contributed by atoms with Gasteiger partial charge in [-0.2, -0.15) is 0 Å². The van der Waals surface area contributed by atoms with Crippen molar-refractivity contribution in [2.75, 3.05) is 13.7 Å². The summed E-state index contributed by atoms with van der Waals surface area (Å²) < 4.78 is 10.9. The Labute approximate surface area is 191 Å². The molecule has 2 N–H and O–H groups in total. The number of nitrogens with zero attached hydrogens (tertiary/aromatic N) is 2. The van der Waals surface area contributed by atoms with Gasteiger partial charge in [0.15, 0.2) is 5.75 Å². The van der Waals surface area contributed by atoms with Crippen molar-refractivity contribution in [3.63, 3.8) is 0 Å². The zero-order valence-corrected chi connectivity index (χ0v) is 18.2. The molecule has 1 aliphatic rings. The molecule has 0 aromatic heterocycles. The lowest BCUT2D eigenvalue weighted by atomic mass is 9.88. The monoisotopic (exact) mass is 445 g/mol. The van der Waals surface area contributed by atoms with E-state index < -0.39 is 22.4 Å². The number of methoxy groups -OCH3 is 1. The van der Waals surface area contributed by atoms with Crippen molar-refractivity contribution < 1.29 is 19.5 Å². The fourth-order valence-corrected chi connectivity index (χ4v) is 3.83. The van der Waals surface area contributed by atoms with Crippen LogP contribution in [0.2, 0.25) is 0 Å². The van der Waals surface area contributed by atoms with E-state index in [2.05, 4.69) is 10.3 Å². The van der Waals surface area contributed by atoms with Gasteiger partial charge in [0.1, 0.15) is 11.8 Å².